The first-order valence-electron chi connectivity index (χ1n) is 8.03. The molecule has 1 amide bonds. The van der Waals surface area contributed by atoms with Gasteiger partial charge < -0.3 is 15.6 Å². The largest absolute Gasteiger partial charge is 0.350 e. The standard InChI is InChI=1S/C17H22N4O2.ClH/c1-10(2)15-20-17(23-21-15)13-6-4-3-5-12(13)16(22)19-9-14(18)11-7-8-11;/h3-6,10-11,14H,7-9,18H2,1-2H3,(H,19,22);1H. The zero-order valence-electron chi connectivity index (χ0n) is 13.9. The Balaban J connectivity index is 0.00000208. The number of carbonyl (C=O) groups is 1. The summed E-state index contributed by atoms with van der Waals surface area (Å²) >= 11 is 0. The molecule has 1 atom stereocenters. The number of hydrogen-bond acceptors (Lipinski definition) is 5. The van der Waals surface area contributed by atoms with Gasteiger partial charge in [-0.15, -0.1) is 12.4 Å². The van der Waals surface area contributed by atoms with E-state index < -0.39 is 0 Å². The fraction of sp³-hybridized carbons (Fsp3) is 0.471. The van der Waals surface area contributed by atoms with E-state index in [9.17, 15) is 4.79 Å². The first-order chi connectivity index (χ1) is 11.1. The Labute approximate surface area is 147 Å². The van der Waals surface area contributed by atoms with Crippen molar-refractivity contribution in [3.63, 3.8) is 0 Å². The third-order valence-corrected chi connectivity index (χ3v) is 4.09. The quantitative estimate of drug-likeness (QED) is 0.835. The molecule has 1 aromatic carbocycles. The maximum absolute atomic E-state index is 12.5. The van der Waals surface area contributed by atoms with Crippen molar-refractivity contribution >= 4 is 18.3 Å². The van der Waals surface area contributed by atoms with E-state index in [0.717, 1.165) is 12.8 Å². The molecule has 0 aliphatic heterocycles. The third kappa shape index (κ3) is 4.13. The summed E-state index contributed by atoms with van der Waals surface area (Å²) in [5.74, 6) is 1.55. The Bertz CT molecular complexity index is 697. The summed E-state index contributed by atoms with van der Waals surface area (Å²) in [4.78, 5) is 16.8. The number of benzene rings is 1. The lowest BCUT2D eigenvalue weighted by Gasteiger charge is -2.12. The SMILES string of the molecule is CC(C)c1noc(-c2ccccc2C(=O)NCC(N)C2CC2)n1.Cl. The number of halogens is 1. The molecule has 1 aliphatic rings. The van der Waals surface area contributed by atoms with Crippen LogP contribution in [0.5, 0.6) is 0 Å². The van der Waals surface area contributed by atoms with Crippen molar-refractivity contribution in [2.75, 3.05) is 6.54 Å². The van der Waals surface area contributed by atoms with Crippen LogP contribution >= 0.6 is 12.4 Å². The lowest BCUT2D eigenvalue weighted by Crippen LogP contribution is -2.38. The Morgan fingerprint density at radius 2 is 2.08 bits per heavy atom. The highest BCUT2D eigenvalue weighted by Gasteiger charge is 2.28. The number of amides is 1. The van der Waals surface area contributed by atoms with Gasteiger partial charge in [-0.05, 0) is 30.9 Å². The maximum atomic E-state index is 12.5. The zero-order chi connectivity index (χ0) is 16.4. The van der Waals surface area contributed by atoms with Crippen LogP contribution < -0.4 is 11.1 Å². The molecule has 1 fully saturated rings. The van der Waals surface area contributed by atoms with Gasteiger partial charge in [-0.3, -0.25) is 4.79 Å². The average Bonchev–Trinajstić information content (AvgIpc) is 3.28. The summed E-state index contributed by atoms with van der Waals surface area (Å²) < 4.78 is 5.31. The molecule has 0 saturated heterocycles. The van der Waals surface area contributed by atoms with E-state index in [2.05, 4.69) is 15.5 Å². The molecule has 1 saturated carbocycles. The normalized spacial score (nSPS) is 15.0. The van der Waals surface area contributed by atoms with Crippen molar-refractivity contribution < 1.29 is 9.32 Å². The third-order valence-electron chi connectivity index (χ3n) is 4.09. The van der Waals surface area contributed by atoms with Crippen LogP contribution in [0.4, 0.5) is 0 Å². The first kappa shape index (κ1) is 18.4. The Kier molecular flexibility index (Phi) is 5.96. The van der Waals surface area contributed by atoms with Crippen LogP contribution in [0.2, 0.25) is 0 Å². The number of hydrogen-bond donors (Lipinski definition) is 2. The minimum Gasteiger partial charge on any atom is -0.350 e. The predicted molar refractivity (Wildman–Crippen MR) is 94.1 cm³/mol. The van der Waals surface area contributed by atoms with Gasteiger partial charge in [0.1, 0.15) is 0 Å². The molecule has 7 heteroatoms. The van der Waals surface area contributed by atoms with Gasteiger partial charge in [-0.25, -0.2) is 0 Å². The van der Waals surface area contributed by atoms with E-state index in [0.29, 0.717) is 35.3 Å². The lowest BCUT2D eigenvalue weighted by atomic mass is 10.1. The van der Waals surface area contributed by atoms with Crippen molar-refractivity contribution in [1.82, 2.24) is 15.5 Å². The summed E-state index contributed by atoms with van der Waals surface area (Å²) in [5, 5.41) is 6.87. The molecule has 130 valence electrons. The van der Waals surface area contributed by atoms with Gasteiger partial charge in [0.15, 0.2) is 5.82 Å². The summed E-state index contributed by atoms with van der Waals surface area (Å²) in [6, 6.07) is 7.27. The molecule has 0 radical (unpaired) electrons. The monoisotopic (exact) mass is 350 g/mol. The molecule has 0 bridgehead atoms. The van der Waals surface area contributed by atoms with Gasteiger partial charge in [0.2, 0.25) is 0 Å². The van der Waals surface area contributed by atoms with Crippen molar-refractivity contribution in [3.05, 3.63) is 35.7 Å². The number of nitrogens with one attached hydrogen (secondary N) is 1. The van der Waals surface area contributed by atoms with Crippen LogP contribution in [-0.4, -0.2) is 28.6 Å². The van der Waals surface area contributed by atoms with E-state index in [-0.39, 0.29) is 30.3 Å². The van der Waals surface area contributed by atoms with Crippen LogP contribution in [0.25, 0.3) is 11.5 Å². The van der Waals surface area contributed by atoms with Crippen LogP contribution in [0.15, 0.2) is 28.8 Å². The fourth-order valence-electron chi connectivity index (χ4n) is 2.44. The Hall–Kier alpha value is -1.92. The number of nitrogens with two attached hydrogens (primary N) is 1. The molecule has 3 N–H and O–H groups in total. The van der Waals surface area contributed by atoms with Crippen molar-refractivity contribution in [2.45, 2.75) is 38.6 Å². The molecule has 6 nitrogen and oxygen atoms in total. The first-order valence-corrected chi connectivity index (χ1v) is 8.03. The highest BCUT2D eigenvalue weighted by Crippen LogP contribution is 2.31. The van der Waals surface area contributed by atoms with E-state index >= 15 is 0 Å². The van der Waals surface area contributed by atoms with Crippen LogP contribution in [0.1, 0.15) is 48.8 Å². The molecular weight excluding hydrogens is 328 g/mol. The van der Waals surface area contributed by atoms with Gasteiger partial charge in [0, 0.05) is 18.5 Å². The van der Waals surface area contributed by atoms with Gasteiger partial charge in [-0.2, -0.15) is 4.98 Å². The highest BCUT2D eigenvalue weighted by molar-refractivity contribution is 5.99. The summed E-state index contributed by atoms with van der Waals surface area (Å²) in [6.07, 6.45) is 2.32. The number of carbonyl (C=O) groups excluding carboxylic acids is 1. The molecule has 3 rings (SSSR count). The van der Waals surface area contributed by atoms with Gasteiger partial charge >= 0.3 is 0 Å². The van der Waals surface area contributed by atoms with Crippen molar-refractivity contribution in [1.29, 1.82) is 0 Å². The number of rotatable bonds is 6. The van der Waals surface area contributed by atoms with E-state index in [4.69, 9.17) is 10.3 Å². The van der Waals surface area contributed by atoms with E-state index in [1.807, 2.05) is 32.0 Å². The molecule has 0 spiro atoms. The lowest BCUT2D eigenvalue weighted by molar-refractivity contribution is 0.0950. The second-order valence-corrected chi connectivity index (χ2v) is 6.37. The molecule has 1 unspecified atom stereocenters. The minimum absolute atomic E-state index is 0. The van der Waals surface area contributed by atoms with Gasteiger partial charge in [-0.1, -0.05) is 31.1 Å². The zero-order valence-corrected chi connectivity index (χ0v) is 14.7. The summed E-state index contributed by atoms with van der Waals surface area (Å²) in [5.41, 5.74) is 7.20. The van der Waals surface area contributed by atoms with Crippen LogP contribution in [0, 0.1) is 5.92 Å². The minimum atomic E-state index is -0.166. The summed E-state index contributed by atoms with van der Waals surface area (Å²) in [7, 11) is 0. The number of nitrogens with zero attached hydrogens (tertiary/aromatic N) is 2. The molecule has 1 aliphatic carbocycles. The maximum Gasteiger partial charge on any atom is 0.258 e. The summed E-state index contributed by atoms with van der Waals surface area (Å²) in [6.45, 7) is 4.47. The molecule has 1 aromatic heterocycles. The second-order valence-electron chi connectivity index (χ2n) is 6.37. The van der Waals surface area contributed by atoms with Gasteiger partial charge in [0.25, 0.3) is 11.8 Å². The Morgan fingerprint density at radius 3 is 2.71 bits per heavy atom. The van der Waals surface area contributed by atoms with Gasteiger partial charge in [0.05, 0.1) is 11.1 Å². The number of aromatic nitrogens is 2. The van der Waals surface area contributed by atoms with E-state index in [1.165, 1.54) is 0 Å². The Morgan fingerprint density at radius 1 is 1.38 bits per heavy atom. The topological polar surface area (TPSA) is 94.0 Å². The molecule has 2 aromatic rings. The average molecular weight is 351 g/mol. The van der Waals surface area contributed by atoms with Crippen LogP contribution in [0.3, 0.4) is 0 Å². The van der Waals surface area contributed by atoms with E-state index in [1.54, 1.807) is 6.07 Å². The fourth-order valence-corrected chi connectivity index (χ4v) is 2.44. The highest BCUT2D eigenvalue weighted by atomic mass is 35.5. The molecule has 24 heavy (non-hydrogen) atoms. The molecule has 1 heterocycles. The smallest absolute Gasteiger partial charge is 0.258 e. The van der Waals surface area contributed by atoms with Crippen LogP contribution in [-0.2, 0) is 0 Å². The second kappa shape index (κ2) is 7.77. The van der Waals surface area contributed by atoms with Crippen molar-refractivity contribution in [2.24, 2.45) is 11.7 Å². The van der Waals surface area contributed by atoms with Crippen molar-refractivity contribution in [3.8, 4) is 11.5 Å². The molecular formula is C17H23ClN4O2. The predicted octanol–water partition coefficient (Wildman–Crippen LogP) is 2.75.